The summed E-state index contributed by atoms with van der Waals surface area (Å²) in [4.78, 5) is 28.5. The molecule has 3 aromatic carbocycles. The van der Waals surface area contributed by atoms with E-state index in [1.54, 1.807) is 6.07 Å². The highest BCUT2D eigenvalue weighted by molar-refractivity contribution is 6.06. The zero-order valence-corrected chi connectivity index (χ0v) is 20.9. The van der Waals surface area contributed by atoms with E-state index in [4.69, 9.17) is 14.6 Å². The van der Waals surface area contributed by atoms with Crippen molar-refractivity contribution in [2.24, 2.45) is 0 Å². The molecule has 1 N–H and O–H groups in total. The Morgan fingerprint density at radius 1 is 1.00 bits per heavy atom. The van der Waals surface area contributed by atoms with E-state index in [0.717, 1.165) is 11.4 Å². The number of fused-ring (bicyclic) bond motifs is 1. The molecule has 0 unspecified atom stereocenters. The normalized spacial score (nSPS) is 12.9. The number of hydrogen-bond donors (Lipinski definition) is 1. The molecule has 7 heteroatoms. The monoisotopic (exact) mass is 488 g/mol. The van der Waals surface area contributed by atoms with Gasteiger partial charge in [-0.3, -0.25) is 4.79 Å². The lowest BCUT2D eigenvalue weighted by atomic mass is 9.87. The molecule has 0 atom stereocenters. The lowest BCUT2D eigenvalue weighted by Gasteiger charge is -2.34. The average Bonchev–Trinajstić information content (AvgIpc) is 2.87. The van der Waals surface area contributed by atoms with Crippen LogP contribution in [-0.2, 0) is 10.2 Å². The maximum Gasteiger partial charge on any atom is 0.341 e. The zero-order valence-electron chi connectivity index (χ0n) is 20.9. The third kappa shape index (κ3) is 5.79. The highest BCUT2D eigenvalue weighted by atomic mass is 16.5. The number of amides is 1. The van der Waals surface area contributed by atoms with Gasteiger partial charge in [-0.25, -0.2) is 4.79 Å². The molecule has 3 aromatic rings. The molecule has 0 radical (unpaired) electrons. The van der Waals surface area contributed by atoms with Crippen LogP contribution in [0.2, 0.25) is 0 Å². The number of carboxylic acid groups (broad SMARTS) is 1. The van der Waals surface area contributed by atoms with Crippen LogP contribution in [-0.4, -0.2) is 49.8 Å². The van der Waals surface area contributed by atoms with E-state index in [-0.39, 0.29) is 11.3 Å². The van der Waals surface area contributed by atoms with Crippen molar-refractivity contribution in [1.82, 2.24) is 0 Å². The fraction of sp³-hybridized carbons (Fsp3) is 0.310. The smallest absolute Gasteiger partial charge is 0.341 e. The Morgan fingerprint density at radius 3 is 2.39 bits per heavy atom. The molecule has 0 spiro atoms. The molecule has 0 saturated carbocycles. The number of rotatable bonds is 8. The Morgan fingerprint density at radius 2 is 1.72 bits per heavy atom. The van der Waals surface area contributed by atoms with Gasteiger partial charge in [-0.2, -0.15) is 0 Å². The summed E-state index contributed by atoms with van der Waals surface area (Å²) in [5.74, 6) is -0.186. The van der Waals surface area contributed by atoms with Gasteiger partial charge in [0.05, 0.1) is 12.2 Å². The maximum absolute atomic E-state index is 13.6. The Kier molecular flexibility index (Phi) is 7.48. The first-order valence-electron chi connectivity index (χ1n) is 12.1. The number of carboxylic acids is 1. The van der Waals surface area contributed by atoms with Crippen molar-refractivity contribution in [3.8, 4) is 11.5 Å². The van der Waals surface area contributed by atoms with E-state index < -0.39 is 12.6 Å². The topological polar surface area (TPSA) is 79.3 Å². The molecule has 0 bridgehead atoms. The predicted octanol–water partition coefficient (Wildman–Crippen LogP) is 4.99. The van der Waals surface area contributed by atoms with E-state index in [2.05, 4.69) is 37.8 Å². The Hall–Kier alpha value is -4.00. The molecular weight excluding hydrogens is 456 g/mol. The maximum atomic E-state index is 13.6. The molecule has 1 amide bonds. The number of hydrogen-bond acceptors (Lipinski definition) is 5. The van der Waals surface area contributed by atoms with Crippen molar-refractivity contribution in [2.75, 3.05) is 42.6 Å². The lowest BCUT2D eigenvalue weighted by molar-refractivity contribution is -0.139. The minimum Gasteiger partial charge on any atom is -0.486 e. The molecule has 0 aromatic heterocycles. The van der Waals surface area contributed by atoms with Crippen molar-refractivity contribution in [3.05, 3.63) is 83.9 Å². The van der Waals surface area contributed by atoms with Crippen LogP contribution in [0.3, 0.4) is 0 Å². The van der Waals surface area contributed by atoms with E-state index in [0.29, 0.717) is 43.3 Å². The zero-order chi connectivity index (χ0) is 25.7. The van der Waals surface area contributed by atoms with E-state index in [1.165, 1.54) is 5.56 Å². The van der Waals surface area contributed by atoms with E-state index in [1.807, 2.05) is 59.5 Å². The minimum atomic E-state index is -1.05. The third-order valence-corrected chi connectivity index (χ3v) is 6.16. The Balaban J connectivity index is 1.58. The molecular formula is C29H32N2O5. The lowest BCUT2D eigenvalue weighted by Crippen LogP contribution is -2.42. The molecule has 36 heavy (non-hydrogen) atoms. The fourth-order valence-corrected chi connectivity index (χ4v) is 4.21. The molecule has 1 aliphatic heterocycles. The van der Waals surface area contributed by atoms with Crippen LogP contribution >= 0.6 is 0 Å². The summed E-state index contributed by atoms with van der Waals surface area (Å²) in [6.07, 6.45) is 0. The predicted molar refractivity (Wildman–Crippen MR) is 141 cm³/mol. The van der Waals surface area contributed by atoms with Gasteiger partial charge in [0.1, 0.15) is 6.61 Å². The third-order valence-electron chi connectivity index (χ3n) is 6.16. The van der Waals surface area contributed by atoms with Gasteiger partial charge >= 0.3 is 5.97 Å². The summed E-state index contributed by atoms with van der Waals surface area (Å²) in [5.41, 5.74) is 3.51. The number of nitrogens with zero attached hydrogens (tertiary/aromatic N) is 2. The largest absolute Gasteiger partial charge is 0.486 e. The van der Waals surface area contributed by atoms with Gasteiger partial charge in [0.25, 0.3) is 5.91 Å². The Bertz CT molecular complexity index is 1200. The first-order chi connectivity index (χ1) is 17.2. The second-order valence-electron chi connectivity index (χ2n) is 9.74. The van der Waals surface area contributed by atoms with E-state index in [9.17, 15) is 9.59 Å². The van der Waals surface area contributed by atoms with Gasteiger partial charge in [-0.15, -0.1) is 0 Å². The summed E-state index contributed by atoms with van der Waals surface area (Å²) in [5, 5.41) is 8.98. The SMILES string of the molecule is CC(C)(C)c1ccc(N(CCN2CCOc3c(OCC(=O)O)cccc32)C(=O)c2ccccc2)cc1. The summed E-state index contributed by atoms with van der Waals surface area (Å²) >= 11 is 0. The van der Waals surface area contributed by atoms with Crippen molar-refractivity contribution < 1.29 is 24.2 Å². The van der Waals surface area contributed by atoms with Crippen molar-refractivity contribution in [3.63, 3.8) is 0 Å². The highest BCUT2D eigenvalue weighted by Gasteiger charge is 2.25. The minimum absolute atomic E-state index is 0.0186. The van der Waals surface area contributed by atoms with Crippen molar-refractivity contribution in [2.45, 2.75) is 26.2 Å². The molecule has 7 nitrogen and oxygen atoms in total. The summed E-state index contributed by atoms with van der Waals surface area (Å²) in [6.45, 7) is 8.17. The van der Waals surface area contributed by atoms with Crippen LogP contribution in [0.5, 0.6) is 11.5 Å². The van der Waals surface area contributed by atoms with Crippen molar-refractivity contribution >= 4 is 23.3 Å². The summed E-state index contributed by atoms with van der Waals surface area (Å²) in [6, 6.07) is 22.9. The number of aliphatic carboxylic acids is 1. The van der Waals surface area contributed by atoms with Crippen LogP contribution in [0.15, 0.2) is 72.8 Å². The first-order valence-corrected chi connectivity index (χ1v) is 12.1. The van der Waals surface area contributed by atoms with Crippen LogP contribution in [0.1, 0.15) is 36.7 Å². The summed E-state index contributed by atoms with van der Waals surface area (Å²) in [7, 11) is 0. The molecule has 0 fully saturated rings. The molecule has 188 valence electrons. The number of ether oxygens (including phenoxy) is 2. The van der Waals surface area contributed by atoms with Gasteiger partial charge in [-0.1, -0.05) is 57.2 Å². The number of anilines is 2. The van der Waals surface area contributed by atoms with Gasteiger partial charge in [0.15, 0.2) is 18.1 Å². The van der Waals surface area contributed by atoms with Crippen LogP contribution < -0.4 is 19.3 Å². The van der Waals surface area contributed by atoms with Gasteiger partial charge < -0.3 is 24.4 Å². The van der Waals surface area contributed by atoms with Crippen LogP contribution in [0.4, 0.5) is 11.4 Å². The van der Waals surface area contributed by atoms with Gasteiger partial charge in [0, 0.05) is 24.3 Å². The number of carbonyl (C=O) groups is 2. The van der Waals surface area contributed by atoms with E-state index >= 15 is 0 Å². The van der Waals surface area contributed by atoms with Crippen LogP contribution in [0, 0.1) is 0 Å². The quantitative estimate of drug-likeness (QED) is 0.481. The number of para-hydroxylation sites is 1. The standard InChI is InChI=1S/C29H32N2O5/c1-29(2,3)22-12-14-23(15-13-22)31(28(34)21-8-5-4-6-9-21)17-16-30-18-19-35-27-24(30)10-7-11-25(27)36-20-26(32)33/h4-15H,16-20H2,1-3H3,(H,32,33). The summed E-state index contributed by atoms with van der Waals surface area (Å²) < 4.78 is 11.3. The Labute approximate surface area is 211 Å². The average molecular weight is 489 g/mol. The second-order valence-corrected chi connectivity index (χ2v) is 9.74. The second kappa shape index (κ2) is 10.7. The van der Waals surface area contributed by atoms with Crippen molar-refractivity contribution in [1.29, 1.82) is 0 Å². The van der Waals surface area contributed by atoms with Gasteiger partial charge in [-0.05, 0) is 47.4 Å². The fourth-order valence-electron chi connectivity index (χ4n) is 4.21. The number of carbonyl (C=O) groups excluding carboxylic acids is 1. The molecule has 4 rings (SSSR count). The molecule has 1 heterocycles. The molecule has 0 aliphatic carbocycles. The first kappa shape index (κ1) is 25.1. The highest BCUT2D eigenvalue weighted by Crippen LogP contribution is 2.40. The van der Waals surface area contributed by atoms with Crippen LogP contribution in [0.25, 0.3) is 0 Å². The molecule has 1 aliphatic rings. The number of benzene rings is 3. The molecule has 0 saturated heterocycles. The van der Waals surface area contributed by atoms with Gasteiger partial charge in [0.2, 0.25) is 0 Å².